The van der Waals surface area contributed by atoms with Gasteiger partial charge in [0, 0.05) is 25.3 Å². The Balaban J connectivity index is 1.30. The summed E-state index contributed by atoms with van der Waals surface area (Å²) in [6.07, 6.45) is 6.37. The fourth-order valence-corrected chi connectivity index (χ4v) is 5.69. The van der Waals surface area contributed by atoms with Crippen molar-refractivity contribution < 1.29 is 22.8 Å². The quantitative estimate of drug-likeness (QED) is 0.719. The standard InChI is InChI=1S/C22H28F2N4O2/c1-12(2)28-17(13-7-19(30-22(23)24)21(25)26-11-13)10-18(28)20-15-8-14(9-16(15)20)27-3-5-29-6-4-27/h7,10-12,14-16,20,22,25H,3-6,8-9H2,1-2H3/p+1. The normalized spacial score (nSPS) is 31.1. The van der Waals surface area contributed by atoms with Gasteiger partial charge < -0.3 is 15.2 Å². The molecule has 2 N–H and O–H groups in total. The van der Waals surface area contributed by atoms with Crippen LogP contribution in [0.3, 0.4) is 0 Å². The number of ether oxygens (including phenoxy) is 2. The number of hydrogen-bond acceptors (Lipinski definition) is 5. The number of alkyl halides is 2. The van der Waals surface area contributed by atoms with Crippen LogP contribution in [0.5, 0.6) is 5.75 Å². The molecule has 162 valence electrons. The summed E-state index contributed by atoms with van der Waals surface area (Å²) in [7, 11) is 0. The van der Waals surface area contributed by atoms with Gasteiger partial charge in [-0.2, -0.15) is 13.4 Å². The molecule has 0 bridgehead atoms. The molecule has 0 amide bonds. The number of pyridine rings is 1. The van der Waals surface area contributed by atoms with Crippen LogP contribution in [0, 0.1) is 17.8 Å². The van der Waals surface area contributed by atoms with Crippen molar-refractivity contribution in [1.82, 2.24) is 9.88 Å². The average molecular weight is 419 g/mol. The van der Waals surface area contributed by atoms with Crippen LogP contribution in [0.15, 0.2) is 18.3 Å². The van der Waals surface area contributed by atoms with Gasteiger partial charge in [0.25, 0.3) is 0 Å². The molecule has 2 atom stereocenters. The fraction of sp³-hybridized carbons (Fsp3) is 0.636. The minimum Gasteiger partial charge on any atom is -0.431 e. The lowest BCUT2D eigenvalue weighted by Gasteiger charge is -2.33. The summed E-state index contributed by atoms with van der Waals surface area (Å²) >= 11 is 0. The maximum atomic E-state index is 12.7. The van der Waals surface area contributed by atoms with Gasteiger partial charge in [0.05, 0.1) is 30.8 Å². The number of halogens is 2. The van der Waals surface area contributed by atoms with Crippen LogP contribution in [0.2, 0.25) is 0 Å². The van der Waals surface area contributed by atoms with E-state index in [4.69, 9.17) is 10.5 Å². The molecule has 5 rings (SSSR count). The third-order valence-corrected chi connectivity index (χ3v) is 7.06. The van der Waals surface area contributed by atoms with Crippen LogP contribution < -0.4 is 10.5 Å². The fourth-order valence-electron chi connectivity index (χ4n) is 5.69. The highest BCUT2D eigenvalue weighted by molar-refractivity contribution is 6.06. The second-order valence-corrected chi connectivity index (χ2v) is 9.03. The number of nitrogen functional groups attached to an aromatic ring is 1. The van der Waals surface area contributed by atoms with Crippen molar-refractivity contribution >= 4 is 17.2 Å². The lowest BCUT2D eigenvalue weighted by Crippen LogP contribution is -2.43. The Morgan fingerprint density at radius 1 is 1.23 bits per heavy atom. The van der Waals surface area contributed by atoms with Crippen LogP contribution in [0.25, 0.3) is 5.70 Å². The molecule has 0 radical (unpaired) electrons. The van der Waals surface area contributed by atoms with Crippen LogP contribution in [0.1, 0.15) is 32.3 Å². The number of nitrogens with zero attached hydrogens (tertiary/aromatic N) is 3. The minimum absolute atomic E-state index is 0.0230. The maximum absolute atomic E-state index is 12.7. The van der Waals surface area contributed by atoms with Crippen LogP contribution >= 0.6 is 0 Å². The third kappa shape index (κ3) is 3.39. The lowest BCUT2D eigenvalue weighted by molar-refractivity contribution is -0.477. The van der Waals surface area contributed by atoms with Crippen molar-refractivity contribution in [2.24, 2.45) is 17.8 Å². The molecule has 3 heterocycles. The molecule has 30 heavy (non-hydrogen) atoms. The Labute approximate surface area is 175 Å². The number of allylic oxidation sites excluding steroid dienone is 1. The molecule has 1 saturated heterocycles. The summed E-state index contributed by atoms with van der Waals surface area (Å²) in [4.78, 5) is 6.66. The molecular formula is C22H29F2N4O2+. The number of morpholine rings is 1. The molecule has 0 spiro atoms. The number of rotatable bonds is 6. The van der Waals surface area contributed by atoms with Gasteiger partial charge in [-0.25, -0.2) is 4.98 Å². The first-order chi connectivity index (χ1) is 14.4. The molecule has 3 fully saturated rings. The van der Waals surface area contributed by atoms with E-state index >= 15 is 0 Å². The number of nitrogens with two attached hydrogens (primary N) is 1. The summed E-state index contributed by atoms with van der Waals surface area (Å²) in [5, 5.41) is 0. The van der Waals surface area contributed by atoms with Crippen LogP contribution in [0.4, 0.5) is 14.6 Å². The predicted octanol–water partition coefficient (Wildman–Crippen LogP) is 2.84. The molecule has 6 nitrogen and oxygen atoms in total. The minimum atomic E-state index is -2.92. The highest BCUT2D eigenvalue weighted by Crippen LogP contribution is 2.60. The highest BCUT2D eigenvalue weighted by atomic mass is 19.3. The van der Waals surface area contributed by atoms with E-state index in [1.165, 1.54) is 18.6 Å². The van der Waals surface area contributed by atoms with Gasteiger partial charge in [-0.15, -0.1) is 0 Å². The van der Waals surface area contributed by atoms with Crippen molar-refractivity contribution in [3.05, 3.63) is 23.9 Å². The Kier molecular flexibility index (Phi) is 5.01. The number of hydrogen-bond donors (Lipinski definition) is 1. The zero-order valence-corrected chi connectivity index (χ0v) is 17.4. The third-order valence-electron chi connectivity index (χ3n) is 7.06. The summed E-state index contributed by atoms with van der Waals surface area (Å²) in [6.45, 7) is 5.21. The molecule has 2 unspecified atom stereocenters. The Morgan fingerprint density at radius 3 is 2.57 bits per heavy atom. The summed E-state index contributed by atoms with van der Waals surface area (Å²) in [5.41, 5.74) is 8.83. The van der Waals surface area contributed by atoms with E-state index in [0.29, 0.717) is 12.0 Å². The SMILES string of the molecule is CC(C)[N+]1=C(C2C3CC(N4CCOCC4)CC32)C=C1c1cnc(N)c(OC(F)F)c1. The van der Waals surface area contributed by atoms with Gasteiger partial charge in [0.2, 0.25) is 5.70 Å². The maximum Gasteiger partial charge on any atom is 0.387 e. The molecule has 2 saturated carbocycles. The van der Waals surface area contributed by atoms with Gasteiger partial charge in [-0.3, -0.25) is 4.90 Å². The second kappa shape index (κ2) is 7.57. The first-order valence-corrected chi connectivity index (χ1v) is 10.8. The number of fused-ring (bicyclic) bond motifs is 1. The zero-order valence-electron chi connectivity index (χ0n) is 17.4. The van der Waals surface area contributed by atoms with E-state index in [1.54, 1.807) is 12.3 Å². The van der Waals surface area contributed by atoms with Crippen molar-refractivity contribution in [3.63, 3.8) is 0 Å². The summed E-state index contributed by atoms with van der Waals surface area (Å²) in [6, 6.07) is 2.55. The lowest BCUT2D eigenvalue weighted by atomic mass is 9.95. The monoisotopic (exact) mass is 419 g/mol. The van der Waals surface area contributed by atoms with Gasteiger partial charge in [0.1, 0.15) is 0 Å². The second-order valence-electron chi connectivity index (χ2n) is 9.03. The van der Waals surface area contributed by atoms with E-state index in [9.17, 15) is 8.78 Å². The molecule has 0 aromatic carbocycles. The summed E-state index contributed by atoms with van der Waals surface area (Å²) in [5.74, 6) is 2.04. The van der Waals surface area contributed by atoms with Gasteiger partial charge in [0.15, 0.2) is 23.3 Å². The van der Waals surface area contributed by atoms with Crippen LogP contribution in [-0.2, 0) is 4.74 Å². The van der Waals surface area contributed by atoms with Crippen molar-refractivity contribution in [2.75, 3.05) is 32.0 Å². The number of anilines is 1. The number of aromatic nitrogens is 1. The predicted molar refractivity (Wildman–Crippen MR) is 110 cm³/mol. The first-order valence-electron chi connectivity index (χ1n) is 10.8. The topological polar surface area (TPSA) is 63.6 Å². The molecule has 2 aliphatic carbocycles. The van der Waals surface area contributed by atoms with Crippen molar-refractivity contribution in [3.8, 4) is 5.75 Å². The largest absolute Gasteiger partial charge is 0.431 e. The van der Waals surface area contributed by atoms with Crippen LogP contribution in [-0.4, -0.2) is 65.2 Å². The highest BCUT2D eigenvalue weighted by Gasteiger charge is 2.63. The van der Waals surface area contributed by atoms with E-state index in [2.05, 4.69) is 39.1 Å². The molecule has 4 aliphatic rings. The van der Waals surface area contributed by atoms with E-state index in [0.717, 1.165) is 49.4 Å². The molecule has 1 aromatic heterocycles. The smallest absolute Gasteiger partial charge is 0.387 e. The van der Waals surface area contributed by atoms with Crippen molar-refractivity contribution in [2.45, 2.75) is 45.4 Å². The van der Waals surface area contributed by atoms with Gasteiger partial charge in [-0.1, -0.05) is 0 Å². The molecular weight excluding hydrogens is 390 g/mol. The Hall–Kier alpha value is -2.06. The molecule has 8 heteroatoms. The summed E-state index contributed by atoms with van der Waals surface area (Å²) < 4.78 is 37.7. The van der Waals surface area contributed by atoms with Gasteiger partial charge >= 0.3 is 6.61 Å². The molecule has 1 aromatic rings. The zero-order chi connectivity index (χ0) is 21.0. The first kappa shape index (κ1) is 19.9. The van der Waals surface area contributed by atoms with Gasteiger partial charge in [-0.05, 0) is 44.6 Å². The average Bonchev–Trinajstić information content (AvgIpc) is 3.14. The van der Waals surface area contributed by atoms with E-state index < -0.39 is 6.61 Å². The molecule has 2 aliphatic heterocycles. The Morgan fingerprint density at radius 2 is 1.93 bits per heavy atom. The van der Waals surface area contributed by atoms with E-state index in [1.807, 2.05) is 0 Å². The van der Waals surface area contributed by atoms with E-state index in [-0.39, 0.29) is 17.6 Å². The van der Waals surface area contributed by atoms with Crippen molar-refractivity contribution in [1.29, 1.82) is 0 Å². The Bertz CT molecular complexity index is 883.